The minimum atomic E-state index is -0.769. The average Bonchev–Trinajstić information content (AvgIpc) is 3.49. The number of aryl methyl sites for hydroxylation is 1. The van der Waals surface area contributed by atoms with Crippen LogP contribution in [0.1, 0.15) is 57.6 Å². The number of rotatable bonds is 7. The van der Waals surface area contributed by atoms with Gasteiger partial charge in [-0.05, 0) is 26.2 Å². The Morgan fingerprint density at radius 2 is 2.03 bits per heavy atom. The van der Waals surface area contributed by atoms with Gasteiger partial charge in [0.25, 0.3) is 0 Å². The van der Waals surface area contributed by atoms with Crippen molar-refractivity contribution in [2.75, 3.05) is 18.4 Å². The summed E-state index contributed by atoms with van der Waals surface area (Å²) < 4.78 is -0.517. The fourth-order valence-corrected chi connectivity index (χ4v) is 5.13. The molecule has 0 aromatic carbocycles. The quantitative estimate of drug-likeness (QED) is 0.218. The number of anilines is 1. The molecule has 0 spiro atoms. The fourth-order valence-electron chi connectivity index (χ4n) is 5.13. The van der Waals surface area contributed by atoms with E-state index in [9.17, 15) is 24.4 Å². The predicted octanol–water partition coefficient (Wildman–Crippen LogP) is 2.53. The van der Waals surface area contributed by atoms with E-state index in [1.165, 1.54) is 0 Å². The highest BCUT2D eigenvalue weighted by molar-refractivity contribution is 6.00. The largest absolute Gasteiger partial charge is 0.432 e. The van der Waals surface area contributed by atoms with Gasteiger partial charge in [0.05, 0.1) is 19.0 Å². The predicted molar refractivity (Wildman–Crippen MR) is 114 cm³/mol. The molecule has 0 bridgehead atoms. The summed E-state index contributed by atoms with van der Waals surface area (Å²) in [7, 11) is 0. The molecule has 0 radical (unpaired) electrons. The molecule has 6 amide bonds. The number of nitrogens with zero attached hydrogens (tertiary/aromatic N) is 3. The average molecular weight is 450 g/mol. The molecule has 1 saturated carbocycles. The topological polar surface area (TPSA) is 144 Å². The number of amides is 6. The molecule has 1 saturated heterocycles. The highest BCUT2D eigenvalue weighted by Crippen LogP contribution is 2.35. The third-order valence-electron chi connectivity index (χ3n) is 6.78. The molecule has 32 heavy (non-hydrogen) atoms. The first kappa shape index (κ1) is 23.9. The number of imide groups is 2. The summed E-state index contributed by atoms with van der Waals surface area (Å²) in [5, 5.41) is 21.7. The number of urea groups is 2. The zero-order valence-electron chi connectivity index (χ0n) is 18.7. The highest BCUT2D eigenvalue weighted by atomic mass is 16.5. The van der Waals surface area contributed by atoms with Crippen LogP contribution in [0.4, 0.5) is 15.4 Å². The van der Waals surface area contributed by atoms with Gasteiger partial charge >= 0.3 is 18.0 Å². The monoisotopic (exact) mass is 449 g/mol. The molecule has 2 heterocycles. The van der Waals surface area contributed by atoms with Gasteiger partial charge in [-0.2, -0.15) is 9.58 Å². The van der Waals surface area contributed by atoms with Crippen molar-refractivity contribution in [1.29, 1.82) is 0 Å². The minimum Gasteiger partial charge on any atom is -0.290 e. The van der Waals surface area contributed by atoms with Crippen LogP contribution in [-0.4, -0.2) is 68.5 Å². The summed E-state index contributed by atoms with van der Waals surface area (Å²) in [6.07, 6.45) is 6.25. The number of likely N-dealkylation sites (tertiary alicyclic amines) is 1. The zero-order chi connectivity index (χ0) is 23.3. The van der Waals surface area contributed by atoms with Crippen molar-refractivity contribution in [3.05, 3.63) is 11.8 Å². The van der Waals surface area contributed by atoms with Crippen LogP contribution in [0, 0.1) is 18.8 Å². The lowest BCUT2D eigenvalue weighted by molar-refractivity contribution is -0.786. The summed E-state index contributed by atoms with van der Waals surface area (Å²) in [6.45, 7) is 3.70. The number of hydrogen-bond acceptors (Lipinski definition) is 6. The number of hydroxylamine groups is 2. The molecule has 11 heteroatoms. The van der Waals surface area contributed by atoms with E-state index in [0.717, 1.165) is 31.4 Å². The van der Waals surface area contributed by atoms with E-state index in [4.69, 9.17) is 0 Å². The number of H-pyrrole nitrogens is 1. The SMILES string of the molecule is Cc1cc(NC(=O)NC(=O)[N+]2(C(=O)[C@H](CC3CCCC3)CN(O)C=O)CCC[C@H]2C)n[nH]1. The van der Waals surface area contributed by atoms with E-state index in [-0.39, 0.29) is 37.3 Å². The molecule has 2 aliphatic rings. The molecule has 1 aliphatic carbocycles. The first-order chi connectivity index (χ1) is 15.3. The maximum Gasteiger partial charge on any atom is 0.432 e. The molecule has 1 unspecified atom stereocenters. The number of aromatic amines is 1. The van der Waals surface area contributed by atoms with Crippen molar-refractivity contribution < 1.29 is 28.9 Å². The third-order valence-corrected chi connectivity index (χ3v) is 6.78. The summed E-state index contributed by atoms with van der Waals surface area (Å²) in [5.41, 5.74) is 0.747. The van der Waals surface area contributed by atoms with Crippen LogP contribution in [0.5, 0.6) is 0 Å². The highest BCUT2D eigenvalue weighted by Gasteiger charge is 2.55. The van der Waals surface area contributed by atoms with Gasteiger partial charge < -0.3 is 0 Å². The van der Waals surface area contributed by atoms with Crippen molar-refractivity contribution in [1.82, 2.24) is 20.6 Å². The van der Waals surface area contributed by atoms with Crippen LogP contribution in [-0.2, 0) is 9.59 Å². The van der Waals surface area contributed by atoms with Crippen LogP contribution in [0.15, 0.2) is 6.07 Å². The number of carbonyl (C=O) groups is 4. The number of nitrogens with one attached hydrogen (secondary N) is 3. The zero-order valence-corrected chi connectivity index (χ0v) is 18.7. The molecule has 176 valence electrons. The molecule has 4 N–H and O–H groups in total. The first-order valence-corrected chi connectivity index (χ1v) is 11.2. The van der Waals surface area contributed by atoms with Crippen LogP contribution < -0.4 is 10.6 Å². The first-order valence-electron chi connectivity index (χ1n) is 11.2. The molecule has 2 fully saturated rings. The van der Waals surface area contributed by atoms with Gasteiger partial charge in [0.1, 0.15) is 6.04 Å². The van der Waals surface area contributed by atoms with Gasteiger partial charge in [-0.25, -0.2) is 24.8 Å². The van der Waals surface area contributed by atoms with E-state index in [1.807, 2.05) is 6.92 Å². The number of carbonyl (C=O) groups excluding carboxylic acids is 4. The Morgan fingerprint density at radius 1 is 1.31 bits per heavy atom. The maximum absolute atomic E-state index is 13.8. The van der Waals surface area contributed by atoms with Crippen molar-refractivity contribution in [3.63, 3.8) is 0 Å². The number of quaternary nitrogens is 1. The fraction of sp³-hybridized carbons (Fsp3) is 0.667. The molecule has 11 nitrogen and oxygen atoms in total. The van der Waals surface area contributed by atoms with Gasteiger partial charge in [0, 0.05) is 24.6 Å². The number of hydrogen-bond donors (Lipinski definition) is 4. The molecular formula is C21H33N6O5+. The molecule has 1 aromatic heterocycles. The molecule has 1 aliphatic heterocycles. The molecule has 3 atom stereocenters. The van der Waals surface area contributed by atoms with E-state index >= 15 is 0 Å². The summed E-state index contributed by atoms with van der Waals surface area (Å²) >= 11 is 0. The maximum atomic E-state index is 13.8. The Kier molecular flexibility index (Phi) is 7.62. The lowest BCUT2D eigenvalue weighted by atomic mass is 9.91. The van der Waals surface area contributed by atoms with Crippen molar-refractivity contribution >= 4 is 30.2 Å². The molecular weight excluding hydrogens is 416 g/mol. The lowest BCUT2D eigenvalue weighted by Crippen LogP contribution is -2.66. The van der Waals surface area contributed by atoms with E-state index < -0.39 is 22.5 Å². The second kappa shape index (κ2) is 10.2. The molecule has 1 aromatic rings. The summed E-state index contributed by atoms with van der Waals surface area (Å²) in [5.74, 6) is -0.474. The van der Waals surface area contributed by atoms with E-state index in [0.29, 0.717) is 30.2 Å². The van der Waals surface area contributed by atoms with Crippen LogP contribution in [0.2, 0.25) is 0 Å². The minimum absolute atomic E-state index is 0.169. The Labute approximate surface area is 187 Å². The third kappa shape index (κ3) is 5.16. The van der Waals surface area contributed by atoms with Crippen molar-refractivity contribution in [2.45, 2.75) is 64.8 Å². The Morgan fingerprint density at radius 3 is 2.59 bits per heavy atom. The van der Waals surface area contributed by atoms with Crippen molar-refractivity contribution in [3.8, 4) is 0 Å². The number of aromatic nitrogens is 2. The summed E-state index contributed by atoms with van der Waals surface area (Å²) in [4.78, 5) is 50.6. The second-order valence-electron chi connectivity index (χ2n) is 9.05. The smallest absolute Gasteiger partial charge is 0.290 e. The van der Waals surface area contributed by atoms with Crippen molar-refractivity contribution in [2.24, 2.45) is 11.8 Å². The standard InChI is InChI=1S/C21H32N6O5/c1-14-10-18(25-24-14)22-20(30)23-21(31)27(9-5-6-15(27)2)19(29)17(12-26(32)13-28)11-16-7-3-4-8-16/h10,13,15-17,32H,3-9,11-12H2,1-2H3,(H2-,22,23,24,25,30,31)/p+1/t15-,17-,27?/m1/s1. The van der Waals surface area contributed by atoms with E-state index in [2.05, 4.69) is 20.8 Å². The van der Waals surface area contributed by atoms with Gasteiger partial charge in [-0.1, -0.05) is 25.7 Å². The van der Waals surface area contributed by atoms with Gasteiger partial charge in [0.2, 0.25) is 6.41 Å². The van der Waals surface area contributed by atoms with Crippen LogP contribution in [0.25, 0.3) is 0 Å². The Bertz CT molecular complexity index is 851. The Balaban J connectivity index is 1.79. The van der Waals surface area contributed by atoms with Crippen LogP contribution >= 0.6 is 0 Å². The Hall–Kier alpha value is -2.79. The molecule has 3 rings (SSSR count). The van der Waals surface area contributed by atoms with Crippen LogP contribution in [0.3, 0.4) is 0 Å². The van der Waals surface area contributed by atoms with Gasteiger partial charge in [-0.3, -0.25) is 20.4 Å². The normalized spacial score (nSPS) is 24.2. The van der Waals surface area contributed by atoms with Gasteiger partial charge in [-0.15, -0.1) is 0 Å². The van der Waals surface area contributed by atoms with Gasteiger partial charge in [0.15, 0.2) is 5.82 Å². The summed E-state index contributed by atoms with van der Waals surface area (Å²) in [6, 6.07) is -0.172. The second-order valence-corrected chi connectivity index (χ2v) is 9.05. The van der Waals surface area contributed by atoms with E-state index in [1.54, 1.807) is 13.0 Å². The lowest BCUT2D eigenvalue weighted by Gasteiger charge is -2.36.